The third-order valence-corrected chi connectivity index (χ3v) is 2.42. The molecule has 0 amide bonds. The van der Waals surface area contributed by atoms with Crippen LogP contribution in [0.15, 0.2) is 16.7 Å². The second kappa shape index (κ2) is 2.38. The highest BCUT2D eigenvalue weighted by Gasteiger charge is 2.30. The van der Waals surface area contributed by atoms with Crippen LogP contribution in [0.25, 0.3) is 0 Å². The first kappa shape index (κ1) is 6.92. The molecule has 1 aromatic heterocycles. The molecule has 2 atom stereocenters. The molecular formula is C9H12O2. The highest BCUT2D eigenvalue weighted by atomic mass is 16.3. The summed E-state index contributed by atoms with van der Waals surface area (Å²) in [6.45, 7) is 1.93. The van der Waals surface area contributed by atoms with E-state index in [1.54, 1.807) is 6.26 Å². The maximum absolute atomic E-state index is 9.33. The third kappa shape index (κ3) is 1.07. The Morgan fingerprint density at radius 3 is 2.73 bits per heavy atom. The minimum atomic E-state index is -0.132. The molecule has 2 nitrogen and oxygen atoms in total. The molecule has 0 saturated heterocycles. The summed E-state index contributed by atoms with van der Waals surface area (Å²) in [7, 11) is 0. The third-order valence-electron chi connectivity index (χ3n) is 2.42. The topological polar surface area (TPSA) is 33.4 Å². The van der Waals surface area contributed by atoms with E-state index >= 15 is 0 Å². The molecule has 0 bridgehead atoms. The van der Waals surface area contributed by atoms with Gasteiger partial charge < -0.3 is 9.52 Å². The minimum absolute atomic E-state index is 0.132. The Balaban J connectivity index is 2.16. The van der Waals surface area contributed by atoms with Crippen LogP contribution in [0.3, 0.4) is 0 Å². The molecule has 1 N–H and O–H groups in total. The number of aliphatic hydroxyl groups is 1. The molecule has 1 aromatic rings. The van der Waals surface area contributed by atoms with Gasteiger partial charge in [-0.3, -0.25) is 0 Å². The minimum Gasteiger partial charge on any atom is -0.469 e. The predicted molar refractivity (Wildman–Crippen MR) is 41.4 cm³/mol. The molecule has 60 valence electrons. The normalized spacial score (nSPS) is 30.0. The fourth-order valence-electron chi connectivity index (χ4n) is 1.53. The van der Waals surface area contributed by atoms with Crippen molar-refractivity contribution in [3.8, 4) is 0 Å². The fraction of sp³-hybridized carbons (Fsp3) is 0.556. The lowest BCUT2D eigenvalue weighted by Gasteiger charge is -2.31. The first-order chi connectivity index (χ1) is 5.27. The van der Waals surface area contributed by atoms with E-state index < -0.39 is 0 Å². The molecule has 1 aliphatic rings. The highest BCUT2D eigenvalue weighted by Crippen LogP contribution is 2.37. The first-order valence-corrected chi connectivity index (χ1v) is 4.00. The van der Waals surface area contributed by atoms with Crippen LogP contribution in [-0.4, -0.2) is 11.2 Å². The average Bonchev–Trinajstić information content (AvgIpc) is 2.33. The second-order valence-corrected chi connectivity index (χ2v) is 3.24. The highest BCUT2D eigenvalue weighted by molar-refractivity contribution is 5.21. The Kier molecular flexibility index (Phi) is 1.50. The Morgan fingerprint density at radius 2 is 2.36 bits per heavy atom. The van der Waals surface area contributed by atoms with Crippen LogP contribution in [0.2, 0.25) is 0 Å². The standard InChI is InChI=1S/C9H12O2/c1-6-4-7(5-11-6)8-2-3-9(8)10/h4-5,8-10H,2-3H2,1H3. The van der Waals surface area contributed by atoms with Crippen LogP contribution in [-0.2, 0) is 0 Å². The zero-order valence-corrected chi connectivity index (χ0v) is 6.58. The van der Waals surface area contributed by atoms with Gasteiger partial charge in [-0.1, -0.05) is 0 Å². The van der Waals surface area contributed by atoms with Gasteiger partial charge in [0.05, 0.1) is 12.4 Å². The van der Waals surface area contributed by atoms with Gasteiger partial charge in [0.2, 0.25) is 0 Å². The first-order valence-electron chi connectivity index (χ1n) is 4.00. The van der Waals surface area contributed by atoms with E-state index in [0.717, 1.165) is 24.2 Å². The monoisotopic (exact) mass is 152 g/mol. The summed E-state index contributed by atoms with van der Waals surface area (Å²) in [4.78, 5) is 0. The molecule has 0 radical (unpaired) electrons. The van der Waals surface area contributed by atoms with Crippen LogP contribution < -0.4 is 0 Å². The van der Waals surface area contributed by atoms with Crippen molar-refractivity contribution in [2.75, 3.05) is 0 Å². The maximum Gasteiger partial charge on any atom is 0.100 e. The molecule has 1 aliphatic carbocycles. The van der Waals surface area contributed by atoms with Gasteiger partial charge >= 0.3 is 0 Å². The number of hydrogen-bond acceptors (Lipinski definition) is 2. The molecule has 0 aliphatic heterocycles. The Bertz CT molecular complexity index is 252. The average molecular weight is 152 g/mol. The lowest BCUT2D eigenvalue weighted by atomic mass is 9.78. The Labute approximate surface area is 65.8 Å². The Morgan fingerprint density at radius 1 is 1.55 bits per heavy atom. The zero-order valence-electron chi connectivity index (χ0n) is 6.58. The maximum atomic E-state index is 9.33. The summed E-state index contributed by atoms with van der Waals surface area (Å²) in [6, 6.07) is 2.01. The van der Waals surface area contributed by atoms with Crippen LogP contribution in [0, 0.1) is 6.92 Å². The predicted octanol–water partition coefficient (Wildman–Crippen LogP) is 1.83. The van der Waals surface area contributed by atoms with Gasteiger partial charge in [0.25, 0.3) is 0 Å². The molecule has 0 spiro atoms. The van der Waals surface area contributed by atoms with Gasteiger partial charge in [0.15, 0.2) is 0 Å². The van der Waals surface area contributed by atoms with E-state index in [1.165, 1.54) is 0 Å². The molecular weight excluding hydrogens is 140 g/mol. The van der Waals surface area contributed by atoms with E-state index in [1.807, 2.05) is 13.0 Å². The summed E-state index contributed by atoms with van der Waals surface area (Å²) < 4.78 is 5.16. The summed E-state index contributed by atoms with van der Waals surface area (Å²) in [5.41, 5.74) is 1.15. The SMILES string of the molecule is Cc1cc(C2CCC2O)co1. The van der Waals surface area contributed by atoms with Gasteiger partial charge in [-0.25, -0.2) is 0 Å². The van der Waals surface area contributed by atoms with Crippen molar-refractivity contribution in [1.82, 2.24) is 0 Å². The van der Waals surface area contributed by atoms with E-state index in [4.69, 9.17) is 4.42 Å². The number of furan rings is 1. The quantitative estimate of drug-likeness (QED) is 0.666. The van der Waals surface area contributed by atoms with Crippen molar-refractivity contribution in [2.45, 2.75) is 31.8 Å². The summed E-state index contributed by atoms with van der Waals surface area (Å²) >= 11 is 0. The lowest BCUT2D eigenvalue weighted by molar-refractivity contribution is 0.0658. The van der Waals surface area contributed by atoms with Gasteiger partial charge in [0, 0.05) is 5.92 Å². The van der Waals surface area contributed by atoms with Crippen LogP contribution >= 0.6 is 0 Å². The van der Waals surface area contributed by atoms with Crippen molar-refractivity contribution in [2.24, 2.45) is 0 Å². The molecule has 1 saturated carbocycles. The Hall–Kier alpha value is -0.760. The lowest BCUT2D eigenvalue weighted by Crippen LogP contribution is -2.28. The number of hydrogen-bond donors (Lipinski definition) is 1. The van der Waals surface area contributed by atoms with Crippen LogP contribution in [0.4, 0.5) is 0 Å². The molecule has 11 heavy (non-hydrogen) atoms. The zero-order chi connectivity index (χ0) is 7.84. The van der Waals surface area contributed by atoms with Crippen LogP contribution in [0.5, 0.6) is 0 Å². The van der Waals surface area contributed by atoms with Gasteiger partial charge in [0.1, 0.15) is 5.76 Å². The summed E-state index contributed by atoms with van der Waals surface area (Å²) in [5, 5.41) is 9.33. The number of aryl methyl sites for hydroxylation is 1. The smallest absolute Gasteiger partial charge is 0.100 e. The molecule has 1 heterocycles. The van der Waals surface area contributed by atoms with Gasteiger partial charge in [-0.2, -0.15) is 0 Å². The van der Waals surface area contributed by atoms with Crippen molar-refractivity contribution in [3.05, 3.63) is 23.7 Å². The van der Waals surface area contributed by atoms with E-state index in [9.17, 15) is 5.11 Å². The number of rotatable bonds is 1. The van der Waals surface area contributed by atoms with Crippen molar-refractivity contribution in [1.29, 1.82) is 0 Å². The molecule has 1 fully saturated rings. The molecule has 2 heteroatoms. The van der Waals surface area contributed by atoms with Crippen molar-refractivity contribution < 1.29 is 9.52 Å². The van der Waals surface area contributed by atoms with E-state index in [-0.39, 0.29) is 6.10 Å². The fourth-order valence-corrected chi connectivity index (χ4v) is 1.53. The largest absolute Gasteiger partial charge is 0.469 e. The van der Waals surface area contributed by atoms with Gasteiger partial charge in [-0.05, 0) is 31.4 Å². The summed E-state index contributed by atoms with van der Waals surface area (Å²) in [6.07, 6.45) is 3.66. The summed E-state index contributed by atoms with van der Waals surface area (Å²) in [5.74, 6) is 1.27. The van der Waals surface area contributed by atoms with Crippen molar-refractivity contribution in [3.63, 3.8) is 0 Å². The molecule has 2 unspecified atom stereocenters. The number of aliphatic hydroxyl groups excluding tert-OH is 1. The molecule has 0 aromatic carbocycles. The van der Waals surface area contributed by atoms with Gasteiger partial charge in [-0.15, -0.1) is 0 Å². The van der Waals surface area contributed by atoms with E-state index in [0.29, 0.717) is 5.92 Å². The second-order valence-electron chi connectivity index (χ2n) is 3.24. The van der Waals surface area contributed by atoms with Crippen molar-refractivity contribution >= 4 is 0 Å². The molecule has 2 rings (SSSR count). The van der Waals surface area contributed by atoms with Crippen LogP contribution in [0.1, 0.15) is 30.1 Å². The van der Waals surface area contributed by atoms with E-state index in [2.05, 4.69) is 0 Å².